The van der Waals surface area contributed by atoms with Crippen LogP contribution in [0.5, 0.6) is 0 Å². The van der Waals surface area contributed by atoms with E-state index in [2.05, 4.69) is 9.88 Å². The normalized spacial score (nSPS) is 23.1. The third kappa shape index (κ3) is 3.73. The quantitative estimate of drug-likeness (QED) is 0.847. The number of aromatic nitrogens is 1. The largest absolute Gasteiger partial charge is 0.381 e. The van der Waals surface area contributed by atoms with Gasteiger partial charge in [-0.25, -0.2) is 4.98 Å². The Morgan fingerprint density at radius 3 is 2.81 bits per heavy atom. The molecule has 0 unspecified atom stereocenters. The van der Waals surface area contributed by atoms with Crippen molar-refractivity contribution < 1.29 is 9.53 Å². The Bertz CT molecular complexity index is 452. The van der Waals surface area contributed by atoms with Crippen molar-refractivity contribution in [1.29, 1.82) is 0 Å². The van der Waals surface area contributed by atoms with Gasteiger partial charge in [-0.15, -0.1) is 0 Å². The Morgan fingerprint density at radius 2 is 2.14 bits per heavy atom. The first kappa shape index (κ1) is 14.3. The van der Waals surface area contributed by atoms with E-state index in [0.717, 1.165) is 58.1 Å². The van der Waals surface area contributed by atoms with E-state index >= 15 is 0 Å². The minimum absolute atomic E-state index is 0.283. The van der Waals surface area contributed by atoms with Crippen LogP contribution in [-0.4, -0.2) is 55.2 Å². The van der Waals surface area contributed by atoms with Gasteiger partial charge < -0.3 is 14.5 Å². The SMILES string of the molecule is O=C(C[C@H]1CCCOC1)N1CCN(c2ccccn2)CC1. The van der Waals surface area contributed by atoms with Crippen LogP contribution in [0.15, 0.2) is 24.4 Å². The number of anilines is 1. The highest BCUT2D eigenvalue weighted by Gasteiger charge is 2.25. The van der Waals surface area contributed by atoms with E-state index in [1.165, 1.54) is 0 Å². The van der Waals surface area contributed by atoms with Crippen LogP contribution in [0, 0.1) is 5.92 Å². The standard InChI is InChI=1S/C16H23N3O2/c20-16(12-14-4-3-11-21-13-14)19-9-7-18(8-10-19)15-5-1-2-6-17-15/h1-2,5-6,14H,3-4,7-13H2/t14-/m1/s1. The Morgan fingerprint density at radius 1 is 1.29 bits per heavy atom. The summed E-state index contributed by atoms with van der Waals surface area (Å²) in [6.45, 7) is 4.92. The van der Waals surface area contributed by atoms with Crippen molar-refractivity contribution in [3.8, 4) is 0 Å². The van der Waals surface area contributed by atoms with E-state index < -0.39 is 0 Å². The third-order valence-corrected chi connectivity index (χ3v) is 4.32. The van der Waals surface area contributed by atoms with Crippen LogP contribution in [0.2, 0.25) is 0 Å². The summed E-state index contributed by atoms with van der Waals surface area (Å²) in [5, 5.41) is 0. The number of carbonyl (C=O) groups is 1. The number of hydrogen-bond acceptors (Lipinski definition) is 4. The molecular formula is C16H23N3O2. The average molecular weight is 289 g/mol. The lowest BCUT2D eigenvalue weighted by Gasteiger charge is -2.36. The molecule has 0 N–H and O–H groups in total. The fraction of sp³-hybridized carbons (Fsp3) is 0.625. The van der Waals surface area contributed by atoms with Gasteiger partial charge in [0.05, 0.1) is 0 Å². The molecule has 2 fully saturated rings. The predicted molar refractivity (Wildman–Crippen MR) is 81.2 cm³/mol. The monoisotopic (exact) mass is 289 g/mol. The van der Waals surface area contributed by atoms with E-state index in [1.54, 1.807) is 0 Å². The lowest BCUT2D eigenvalue weighted by atomic mass is 9.98. The summed E-state index contributed by atoms with van der Waals surface area (Å²) in [7, 11) is 0. The number of nitrogens with zero attached hydrogens (tertiary/aromatic N) is 3. The Labute approximate surface area is 125 Å². The first-order valence-electron chi connectivity index (χ1n) is 7.84. The van der Waals surface area contributed by atoms with Crippen LogP contribution in [0.25, 0.3) is 0 Å². The number of amides is 1. The molecule has 5 heteroatoms. The zero-order valence-corrected chi connectivity index (χ0v) is 12.4. The van der Waals surface area contributed by atoms with Crippen LogP contribution in [-0.2, 0) is 9.53 Å². The fourth-order valence-corrected chi connectivity index (χ4v) is 3.07. The van der Waals surface area contributed by atoms with Gasteiger partial charge in [-0.3, -0.25) is 4.79 Å². The summed E-state index contributed by atoms with van der Waals surface area (Å²) in [4.78, 5) is 21.0. The van der Waals surface area contributed by atoms with Gasteiger partial charge in [0.25, 0.3) is 0 Å². The van der Waals surface area contributed by atoms with E-state index in [9.17, 15) is 4.79 Å². The zero-order valence-electron chi connectivity index (χ0n) is 12.4. The predicted octanol–water partition coefficient (Wildman–Crippen LogP) is 1.55. The lowest BCUT2D eigenvalue weighted by molar-refractivity contribution is -0.133. The molecule has 3 heterocycles. The molecule has 0 saturated carbocycles. The molecule has 2 saturated heterocycles. The number of ether oxygens (including phenoxy) is 1. The first-order chi connectivity index (χ1) is 10.3. The summed E-state index contributed by atoms with van der Waals surface area (Å²) in [5.41, 5.74) is 0. The second-order valence-electron chi connectivity index (χ2n) is 5.84. The van der Waals surface area contributed by atoms with Crippen molar-refractivity contribution in [1.82, 2.24) is 9.88 Å². The molecule has 21 heavy (non-hydrogen) atoms. The maximum absolute atomic E-state index is 12.3. The summed E-state index contributed by atoms with van der Waals surface area (Å²) < 4.78 is 5.46. The van der Waals surface area contributed by atoms with Crippen molar-refractivity contribution in [2.24, 2.45) is 5.92 Å². The average Bonchev–Trinajstić information content (AvgIpc) is 2.57. The summed E-state index contributed by atoms with van der Waals surface area (Å²) in [5.74, 6) is 1.71. The highest BCUT2D eigenvalue weighted by Crippen LogP contribution is 2.19. The van der Waals surface area contributed by atoms with Crippen molar-refractivity contribution >= 4 is 11.7 Å². The fourth-order valence-electron chi connectivity index (χ4n) is 3.07. The molecule has 1 atom stereocenters. The molecule has 2 aliphatic rings. The summed E-state index contributed by atoms with van der Waals surface area (Å²) >= 11 is 0. The van der Waals surface area contributed by atoms with Crippen LogP contribution in [0.3, 0.4) is 0 Å². The number of rotatable bonds is 3. The van der Waals surface area contributed by atoms with Gasteiger partial charge in [0.1, 0.15) is 5.82 Å². The maximum atomic E-state index is 12.3. The molecule has 0 aromatic carbocycles. The van der Waals surface area contributed by atoms with E-state index in [-0.39, 0.29) is 5.91 Å². The van der Waals surface area contributed by atoms with Gasteiger partial charge in [-0.1, -0.05) is 6.07 Å². The number of piperazine rings is 1. The van der Waals surface area contributed by atoms with Crippen molar-refractivity contribution in [3.05, 3.63) is 24.4 Å². The molecule has 1 amide bonds. The Kier molecular flexibility index (Phi) is 4.70. The van der Waals surface area contributed by atoms with Gasteiger partial charge >= 0.3 is 0 Å². The molecule has 1 aromatic rings. The molecule has 0 radical (unpaired) electrons. The van der Waals surface area contributed by atoms with Gasteiger partial charge in [0, 0.05) is 52.0 Å². The zero-order chi connectivity index (χ0) is 14.5. The summed E-state index contributed by atoms with van der Waals surface area (Å²) in [6, 6.07) is 5.95. The van der Waals surface area contributed by atoms with Crippen LogP contribution < -0.4 is 4.90 Å². The van der Waals surface area contributed by atoms with Gasteiger partial charge in [0.15, 0.2) is 0 Å². The highest BCUT2D eigenvalue weighted by atomic mass is 16.5. The minimum Gasteiger partial charge on any atom is -0.381 e. The second kappa shape index (κ2) is 6.89. The van der Waals surface area contributed by atoms with Gasteiger partial charge in [0.2, 0.25) is 5.91 Å². The van der Waals surface area contributed by atoms with Crippen molar-refractivity contribution in [3.63, 3.8) is 0 Å². The molecule has 2 aliphatic heterocycles. The molecule has 5 nitrogen and oxygen atoms in total. The smallest absolute Gasteiger partial charge is 0.223 e. The molecule has 3 rings (SSSR count). The van der Waals surface area contributed by atoms with Gasteiger partial charge in [-0.05, 0) is 30.9 Å². The number of hydrogen-bond donors (Lipinski definition) is 0. The molecule has 0 spiro atoms. The Hall–Kier alpha value is -1.62. The second-order valence-corrected chi connectivity index (χ2v) is 5.84. The number of pyridine rings is 1. The van der Waals surface area contributed by atoms with E-state index in [1.807, 2.05) is 29.3 Å². The Balaban J connectivity index is 1.47. The molecule has 0 aliphatic carbocycles. The van der Waals surface area contributed by atoms with Crippen molar-refractivity contribution in [2.45, 2.75) is 19.3 Å². The maximum Gasteiger partial charge on any atom is 0.223 e. The van der Waals surface area contributed by atoms with Gasteiger partial charge in [-0.2, -0.15) is 0 Å². The lowest BCUT2D eigenvalue weighted by Crippen LogP contribution is -2.49. The third-order valence-electron chi connectivity index (χ3n) is 4.32. The first-order valence-corrected chi connectivity index (χ1v) is 7.84. The van der Waals surface area contributed by atoms with Crippen molar-refractivity contribution in [2.75, 3.05) is 44.3 Å². The van der Waals surface area contributed by atoms with Crippen LogP contribution >= 0.6 is 0 Å². The molecule has 1 aromatic heterocycles. The molecular weight excluding hydrogens is 266 g/mol. The molecule has 0 bridgehead atoms. The summed E-state index contributed by atoms with van der Waals surface area (Å²) in [6.07, 6.45) is 4.67. The van der Waals surface area contributed by atoms with E-state index in [4.69, 9.17) is 4.74 Å². The van der Waals surface area contributed by atoms with Crippen LogP contribution in [0.4, 0.5) is 5.82 Å². The number of carbonyl (C=O) groups excluding carboxylic acids is 1. The topological polar surface area (TPSA) is 45.7 Å². The van der Waals surface area contributed by atoms with E-state index in [0.29, 0.717) is 12.3 Å². The highest BCUT2D eigenvalue weighted by molar-refractivity contribution is 5.76. The van der Waals surface area contributed by atoms with Crippen LogP contribution in [0.1, 0.15) is 19.3 Å². The minimum atomic E-state index is 0.283. The molecule has 114 valence electrons.